The van der Waals surface area contributed by atoms with Gasteiger partial charge in [0.25, 0.3) is 0 Å². The van der Waals surface area contributed by atoms with Crippen LogP contribution in [0.2, 0.25) is 0 Å². The van der Waals surface area contributed by atoms with Crippen LogP contribution in [0, 0.1) is 5.92 Å². The molecular weight excluding hydrogens is 262 g/mol. The maximum absolute atomic E-state index is 11.8. The topological polar surface area (TPSA) is 37.6 Å². The van der Waals surface area contributed by atoms with Gasteiger partial charge in [-0.15, -0.1) is 11.6 Å². The van der Waals surface area contributed by atoms with Crippen LogP contribution in [-0.2, 0) is 11.2 Å². The summed E-state index contributed by atoms with van der Waals surface area (Å²) >= 11 is 5.82. The third kappa shape index (κ3) is 2.45. The van der Waals surface area contributed by atoms with E-state index in [4.69, 9.17) is 11.6 Å². The molecule has 0 N–H and O–H groups in total. The quantitative estimate of drug-likeness (QED) is 0.802. The zero-order valence-electron chi connectivity index (χ0n) is 10.6. The largest absolute Gasteiger partial charge is 0.342 e. The summed E-state index contributed by atoms with van der Waals surface area (Å²) in [6, 6.07) is 5.94. The van der Waals surface area contributed by atoms with Crippen molar-refractivity contribution in [2.24, 2.45) is 5.92 Å². The van der Waals surface area contributed by atoms with Gasteiger partial charge in [0.1, 0.15) is 5.65 Å². The third-order valence-corrected chi connectivity index (χ3v) is 4.08. The Morgan fingerprint density at radius 2 is 2.32 bits per heavy atom. The van der Waals surface area contributed by atoms with Crippen molar-refractivity contribution in [3.05, 3.63) is 36.3 Å². The van der Waals surface area contributed by atoms with Gasteiger partial charge in [0.2, 0.25) is 5.91 Å². The highest BCUT2D eigenvalue weighted by Crippen LogP contribution is 2.19. The van der Waals surface area contributed by atoms with Crippen molar-refractivity contribution >= 4 is 23.2 Å². The van der Waals surface area contributed by atoms with Crippen LogP contribution in [0.4, 0.5) is 0 Å². The summed E-state index contributed by atoms with van der Waals surface area (Å²) in [4.78, 5) is 18.1. The lowest BCUT2D eigenvalue weighted by Crippen LogP contribution is -2.28. The monoisotopic (exact) mass is 277 g/mol. The number of alkyl halides is 1. The van der Waals surface area contributed by atoms with Gasteiger partial charge in [0, 0.05) is 49.9 Å². The second kappa shape index (κ2) is 5.21. The summed E-state index contributed by atoms with van der Waals surface area (Å²) < 4.78 is 2.07. The molecular formula is C14H16ClN3O. The molecule has 1 aliphatic rings. The van der Waals surface area contributed by atoms with Crippen LogP contribution in [0.1, 0.15) is 12.1 Å². The first-order valence-corrected chi connectivity index (χ1v) is 7.06. The number of nitrogens with zero attached hydrogens (tertiary/aromatic N) is 3. The van der Waals surface area contributed by atoms with Gasteiger partial charge in [-0.2, -0.15) is 0 Å². The molecule has 3 rings (SSSR count). The molecule has 1 aliphatic heterocycles. The summed E-state index contributed by atoms with van der Waals surface area (Å²) in [7, 11) is 0. The van der Waals surface area contributed by atoms with Crippen LogP contribution in [0.15, 0.2) is 30.6 Å². The zero-order valence-corrected chi connectivity index (χ0v) is 11.4. The van der Waals surface area contributed by atoms with E-state index < -0.39 is 0 Å². The van der Waals surface area contributed by atoms with Crippen molar-refractivity contribution in [1.82, 2.24) is 14.3 Å². The van der Waals surface area contributed by atoms with Crippen LogP contribution < -0.4 is 0 Å². The molecule has 0 aromatic carbocycles. The molecule has 0 aliphatic carbocycles. The van der Waals surface area contributed by atoms with Gasteiger partial charge in [-0.05, 0) is 18.1 Å². The van der Waals surface area contributed by atoms with E-state index in [0.717, 1.165) is 30.9 Å². The van der Waals surface area contributed by atoms with E-state index in [0.29, 0.717) is 18.2 Å². The Labute approximate surface area is 117 Å². The van der Waals surface area contributed by atoms with E-state index in [2.05, 4.69) is 9.38 Å². The van der Waals surface area contributed by atoms with Gasteiger partial charge < -0.3 is 9.30 Å². The second-order valence-electron chi connectivity index (χ2n) is 4.99. The van der Waals surface area contributed by atoms with Gasteiger partial charge in [0.15, 0.2) is 0 Å². The molecule has 1 amide bonds. The normalized spacial score (nSPS) is 19.5. The lowest BCUT2D eigenvalue weighted by molar-refractivity contribution is -0.127. The van der Waals surface area contributed by atoms with Crippen molar-refractivity contribution in [2.45, 2.75) is 12.8 Å². The number of rotatable bonds is 4. The molecule has 2 aromatic heterocycles. The Bertz CT molecular complexity index is 595. The number of pyridine rings is 1. The Kier molecular flexibility index (Phi) is 3.42. The highest BCUT2D eigenvalue weighted by Gasteiger charge is 2.28. The van der Waals surface area contributed by atoms with Crippen molar-refractivity contribution in [3.8, 4) is 0 Å². The molecule has 0 bridgehead atoms. The van der Waals surface area contributed by atoms with Crippen molar-refractivity contribution in [1.29, 1.82) is 0 Å². The average Bonchev–Trinajstić information content (AvgIpc) is 3.00. The molecule has 0 spiro atoms. The van der Waals surface area contributed by atoms with Crippen LogP contribution >= 0.6 is 11.6 Å². The summed E-state index contributed by atoms with van der Waals surface area (Å²) in [6.07, 6.45) is 5.31. The number of fused-ring (bicyclic) bond motifs is 1. The Morgan fingerprint density at radius 3 is 3.11 bits per heavy atom. The maximum Gasteiger partial charge on any atom is 0.222 e. The highest BCUT2D eigenvalue weighted by molar-refractivity contribution is 6.18. The molecule has 1 atom stereocenters. The molecule has 1 fully saturated rings. The zero-order chi connectivity index (χ0) is 13.2. The minimum atomic E-state index is 0.222. The fourth-order valence-corrected chi connectivity index (χ4v) is 2.80. The number of aromatic nitrogens is 2. The fraction of sp³-hybridized carbons (Fsp3) is 0.429. The summed E-state index contributed by atoms with van der Waals surface area (Å²) in [6.45, 7) is 1.54. The number of carbonyl (C=O) groups is 1. The highest BCUT2D eigenvalue weighted by atomic mass is 35.5. The Hall–Kier alpha value is -1.55. The minimum absolute atomic E-state index is 0.222. The molecule has 1 saturated heterocycles. The number of hydrogen-bond donors (Lipinski definition) is 0. The van der Waals surface area contributed by atoms with Crippen molar-refractivity contribution in [2.75, 3.05) is 19.0 Å². The van der Waals surface area contributed by atoms with Gasteiger partial charge in [-0.25, -0.2) is 4.98 Å². The first-order chi connectivity index (χ1) is 9.28. The lowest BCUT2D eigenvalue weighted by atomic mass is 10.1. The average molecular weight is 278 g/mol. The third-order valence-electron chi connectivity index (χ3n) is 3.64. The van der Waals surface area contributed by atoms with Gasteiger partial charge in [-0.3, -0.25) is 4.79 Å². The van der Waals surface area contributed by atoms with Crippen LogP contribution in [0.5, 0.6) is 0 Å². The van der Waals surface area contributed by atoms with E-state index in [1.54, 1.807) is 0 Å². The maximum atomic E-state index is 11.8. The molecule has 1 unspecified atom stereocenters. The predicted molar refractivity (Wildman–Crippen MR) is 74.3 cm³/mol. The number of halogens is 1. The second-order valence-corrected chi connectivity index (χ2v) is 5.30. The standard InChI is InChI=1S/C14H16ClN3O/c15-8-11-7-14(19)17(10-11)6-4-12-9-16-13-3-1-2-5-18(12)13/h1-3,5,9,11H,4,6-8,10H2. The SMILES string of the molecule is O=C1CC(CCl)CN1CCc1cnc2ccccn12. The predicted octanol–water partition coefficient (Wildman–Crippen LogP) is 1.96. The van der Waals surface area contributed by atoms with E-state index in [1.165, 1.54) is 0 Å². The number of amides is 1. The molecule has 3 heterocycles. The van der Waals surface area contributed by atoms with Crippen LogP contribution in [-0.4, -0.2) is 39.2 Å². The number of hydrogen-bond acceptors (Lipinski definition) is 2. The van der Waals surface area contributed by atoms with Gasteiger partial charge in [-0.1, -0.05) is 6.07 Å². The molecule has 19 heavy (non-hydrogen) atoms. The Balaban J connectivity index is 1.68. The summed E-state index contributed by atoms with van der Waals surface area (Å²) in [5, 5.41) is 0. The summed E-state index contributed by atoms with van der Waals surface area (Å²) in [5.41, 5.74) is 2.08. The molecule has 4 nitrogen and oxygen atoms in total. The smallest absolute Gasteiger partial charge is 0.222 e. The van der Waals surface area contributed by atoms with E-state index in [-0.39, 0.29) is 5.91 Å². The molecule has 0 radical (unpaired) electrons. The van der Waals surface area contributed by atoms with Crippen LogP contribution in [0.3, 0.4) is 0 Å². The van der Waals surface area contributed by atoms with Gasteiger partial charge in [0.05, 0.1) is 0 Å². The molecule has 2 aromatic rings. The van der Waals surface area contributed by atoms with E-state index in [9.17, 15) is 4.79 Å². The first-order valence-electron chi connectivity index (χ1n) is 6.52. The first kappa shape index (κ1) is 12.5. The van der Waals surface area contributed by atoms with Crippen LogP contribution in [0.25, 0.3) is 5.65 Å². The molecule has 5 heteroatoms. The fourth-order valence-electron chi connectivity index (χ4n) is 2.59. The summed E-state index contributed by atoms with van der Waals surface area (Å²) in [5.74, 6) is 1.11. The Morgan fingerprint density at radius 1 is 1.42 bits per heavy atom. The molecule has 0 saturated carbocycles. The molecule has 100 valence electrons. The van der Waals surface area contributed by atoms with Gasteiger partial charge >= 0.3 is 0 Å². The lowest BCUT2D eigenvalue weighted by Gasteiger charge is -2.15. The van der Waals surface area contributed by atoms with Crippen molar-refractivity contribution < 1.29 is 4.79 Å². The van der Waals surface area contributed by atoms with Crippen molar-refractivity contribution in [3.63, 3.8) is 0 Å². The minimum Gasteiger partial charge on any atom is -0.342 e. The number of carbonyl (C=O) groups excluding carboxylic acids is 1. The van der Waals surface area contributed by atoms with E-state index in [1.807, 2.05) is 35.5 Å². The van der Waals surface area contributed by atoms with E-state index >= 15 is 0 Å². The number of imidazole rings is 1. The number of likely N-dealkylation sites (tertiary alicyclic amines) is 1.